The zero-order valence-electron chi connectivity index (χ0n) is 10.2. The van der Waals surface area contributed by atoms with Crippen LogP contribution >= 0.6 is 11.6 Å². The molecule has 4 rings (SSSR count). The number of fused-ring (bicyclic) bond motifs is 1. The minimum absolute atomic E-state index is 0.445. The monoisotopic (exact) mass is 261 g/mol. The minimum atomic E-state index is 0.445. The molecule has 0 atom stereocenters. The zero-order valence-corrected chi connectivity index (χ0v) is 10.9. The molecule has 0 unspecified atom stereocenters. The highest BCUT2D eigenvalue weighted by molar-refractivity contribution is 6.31. The van der Waals surface area contributed by atoms with Crippen molar-refractivity contribution in [1.29, 1.82) is 0 Å². The van der Waals surface area contributed by atoms with Crippen molar-refractivity contribution in [2.24, 2.45) is 11.1 Å². The number of rotatable bonds is 1. The van der Waals surface area contributed by atoms with Crippen molar-refractivity contribution in [3.8, 4) is 0 Å². The lowest BCUT2D eigenvalue weighted by atomic mass is 9.50. The van der Waals surface area contributed by atoms with E-state index in [4.69, 9.17) is 21.8 Å². The topological polar surface area (TPSA) is 39.2 Å². The Morgan fingerprint density at radius 1 is 1.17 bits per heavy atom. The largest absolute Gasteiger partial charge is 0.461 e. The molecule has 2 aromatic rings. The number of hydrogen-bond acceptors (Lipinski definition) is 2. The summed E-state index contributed by atoms with van der Waals surface area (Å²) in [5.41, 5.74) is 7.39. The summed E-state index contributed by atoms with van der Waals surface area (Å²) in [6.45, 7) is 0. The molecular weight excluding hydrogens is 246 g/mol. The number of nitrogens with two attached hydrogens (primary N) is 1. The molecule has 1 aromatic heterocycles. The van der Waals surface area contributed by atoms with Gasteiger partial charge in [-0.1, -0.05) is 11.6 Å². The predicted molar refractivity (Wildman–Crippen MR) is 72.8 cm³/mol. The Labute approximate surface area is 111 Å². The van der Waals surface area contributed by atoms with E-state index in [0.29, 0.717) is 17.4 Å². The Bertz CT molecular complexity index is 604. The fourth-order valence-electron chi connectivity index (χ4n) is 3.81. The van der Waals surface area contributed by atoms with Crippen LogP contribution in [0, 0.1) is 5.41 Å². The van der Waals surface area contributed by atoms with Gasteiger partial charge in [-0.15, -0.1) is 0 Å². The summed E-state index contributed by atoms with van der Waals surface area (Å²) in [6, 6.07) is 8.40. The van der Waals surface area contributed by atoms with Crippen LogP contribution in [0.4, 0.5) is 0 Å². The molecule has 0 saturated heterocycles. The maximum Gasteiger partial charge on any atom is 0.134 e. The van der Waals surface area contributed by atoms with Crippen LogP contribution in [0.5, 0.6) is 0 Å². The van der Waals surface area contributed by atoms with Crippen LogP contribution in [0.1, 0.15) is 37.4 Å². The van der Waals surface area contributed by atoms with Crippen molar-refractivity contribution < 1.29 is 4.42 Å². The second kappa shape index (κ2) is 3.52. The number of benzene rings is 1. The van der Waals surface area contributed by atoms with E-state index in [1.54, 1.807) is 0 Å². The second-order valence-electron chi connectivity index (χ2n) is 6.10. The molecule has 1 aromatic carbocycles. The van der Waals surface area contributed by atoms with Gasteiger partial charge in [0.15, 0.2) is 0 Å². The predicted octanol–water partition coefficient (Wildman–Crippen LogP) is 4.07. The van der Waals surface area contributed by atoms with Crippen molar-refractivity contribution in [3.63, 3.8) is 0 Å². The summed E-state index contributed by atoms with van der Waals surface area (Å²) in [6.07, 6.45) is 4.90. The average molecular weight is 262 g/mol. The standard InChI is InChI=1S/C15H16ClNO/c16-11-1-2-13-9(3-11)4-14(18-13)10-5-15(6-10)7-12(17)8-15/h1-4,10,12H,5-8,17H2. The number of hydrogen-bond donors (Lipinski definition) is 1. The van der Waals surface area contributed by atoms with E-state index in [-0.39, 0.29) is 0 Å². The summed E-state index contributed by atoms with van der Waals surface area (Å²) < 4.78 is 5.93. The molecule has 0 aliphatic heterocycles. The van der Waals surface area contributed by atoms with E-state index < -0.39 is 0 Å². The molecule has 94 valence electrons. The van der Waals surface area contributed by atoms with Gasteiger partial charge in [0.1, 0.15) is 11.3 Å². The summed E-state index contributed by atoms with van der Waals surface area (Å²) in [5, 5.41) is 1.88. The third kappa shape index (κ3) is 1.52. The van der Waals surface area contributed by atoms with E-state index in [0.717, 1.165) is 21.8 Å². The summed E-state index contributed by atoms with van der Waals surface area (Å²) in [7, 11) is 0. The van der Waals surface area contributed by atoms with Crippen LogP contribution < -0.4 is 5.73 Å². The van der Waals surface area contributed by atoms with E-state index in [1.807, 2.05) is 18.2 Å². The Morgan fingerprint density at radius 3 is 2.67 bits per heavy atom. The zero-order chi connectivity index (χ0) is 12.3. The van der Waals surface area contributed by atoms with Gasteiger partial charge in [0.25, 0.3) is 0 Å². The highest BCUT2D eigenvalue weighted by Gasteiger charge is 2.52. The molecule has 1 heterocycles. The van der Waals surface area contributed by atoms with Crippen molar-refractivity contribution in [2.75, 3.05) is 0 Å². The fraction of sp³-hybridized carbons (Fsp3) is 0.467. The van der Waals surface area contributed by atoms with E-state index in [1.165, 1.54) is 25.7 Å². The van der Waals surface area contributed by atoms with E-state index >= 15 is 0 Å². The van der Waals surface area contributed by atoms with Crippen LogP contribution in [-0.4, -0.2) is 6.04 Å². The molecule has 2 aliphatic carbocycles. The second-order valence-corrected chi connectivity index (χ2v) is 6.54. The van der Waals surface area contributed by atoms with Crippen LogP contribution in [0.25, 0.3) is 11.0 Å². The lowest BCUT2D eigenvalue weighted by molar-refractivity contribution is -0.0140. The van der Waals surface area contributed by atoms with Crippen LogP contribution in [0.2, 0.25) is 5.02 Å². The molecule has 18 heavy (non-hydrogen) atoms. The highest BCUT2D eigenvalue weighted by Crippen LogP contribution is 2.61. The Hall–Kier alpha value is -0.990. The minimum Gasteiger partial charge on any atom is -0.461 e. The van der Waals surface area contributed by atoms with E-state index in [2.05, 4.69) is 6.07 Å². The quantitative estimate of drug-likeness (QED) is 0.840. The SMILES string of the molecule is NC1CC2(C1)CC(c1cc3cc(Cl)ccc3o1)C2. The number of furan rings is 1. The van der Waals surface area contributed by atoms with Crippen LogP contribution in [-0.2, 0) is 0 Å². The molecular formula is C15H16ClNO. The normalized spacial score (nSPS) is 34.6. The van der Waals surface area contributed by atoms with Gasteiger partial charge in [-0.3, -0.25) is 0 Å². The van der Waals surface area contributed by atoms with Gasteiger partial charge >= 0.3 is 0 Å². The molecule has 2 nitrogen and oxygen atoms in total. The van der Waals surface area contributed by atoms with Crippen molar-refractivity contribution in [2.45, 2.75) is 37.6 Å². The van der Waals surface area contributed by atoms with E-state index in [9.17, 15) is 0 Å². The highest BCUT2D eigenvalue weighted by atomic mass is 35.5. The molecule has 2 N–H and O–H groups in total. The summed E-state index contributed by atoms with van der Waals surface area (Å²) >= 11 is 5.99. The summed E-state index contributed by atoms with van der Waals surface area (Å²) in [5.74, 6) is 1.71. The van der Waals surface area contributed by atoms with Gasteiger partial charge in [0.05, 0.1) is 0 Å². The molecule has 0 radical (unpaired) electrons. The lowest BCUT2D eigenvalue weighted by Crippen LogP contribution is -2.52. The average Bonchev–Trinajstić information content (AvgIpc) is 2.63. The molecule has 2 fully saturated rings. The Kier molecular flexibility index (Phi) is 2.13. The first-order valence-corrected chi connectivity index (χ1v) is 6.96. The van der Waals surface area contributed by atoms with Crippen molar-refractivity contribution in [3.05, 3.63) is 35.0 Å². The maximum atomic E-state index is 5.99. The lowest BCUT2D eigenvalue weighted by Gasteiger charge is -2.56. The molecule has 2 saturated carbocycles. The van der Waals surface area contributed by atoms with Crippen molar-refractivity contribution in [1.82, 2.24) is 0 Å². The van der Waals surface area contributed by atoms with Gasteiger partial charge in [-0.05, 0) is 55.4 Å². The van der Waals surface area contributed by atoms with Gasteiger partial charge in [0.2, 0.25) is 0 Å². The fourth-order valence-corrected chi connectivity index (χ4v) is 3.99. The van der Waals surface area contributed by atoms with Gasteiger partial charge in [-0.2, -0.15) is 0 Å². The van der Waals surface area contributed by atoms with Gasteiger partial charge in [0, 0.05) is 22.4 Å². The van der Waals surface area contributed by atoms with Crippen LogP contribution in [0.15, 0.2) is 28.7 Å². The van der Waals surface area contributed by atoms with Crippen LogP contribution in [0.3, 0.4) is 0 Å². The molecule has 0 amide bonds. The molecule has 0 bridgehead atoms. The first-order valence-electron chi connectivity index (χ1n) is 6.58. The first-order chi connectivity index (χ1) is 8.63. The molecule has 1 spiro atoms. The molecule has 2 aliphatic rings. The third-order valence-electron chi connectivity index (χ3n) is 4.65. The van der Waals surface area contributed by atoms with Crippen molar-refractivity contribution >= 4 is 22.6 Å². The first kappa shape index (κ1) is 10.9. The Balaban J connectivity index is 1.57. The van der Waals surface area contributed by atoms with Gasteiger partial charge < -0.3 is 10.2 Å². The Morgan fingerprint density at radius 2 is 1.94 bits per heavy atom. The number of halogens is 1. The molecule has 3 heteroatoms. The maximum absolute atomic E-state index is 5.99. The smallest absolute Gasteiger partial charge is 0.134 e. The third-order valence-corrected chi connectivity index (χ3v) is 4.88. The summed E-state index contributed by atoms with van der Waals surface area (Å²) in [4.78, 5) is 0. The van der Waals surface area contributed by atoms with Gasteiger partial charge in [-0.25, -0.2) is 0 Å².